The van der Waals surface area contributed by atoms with Crippen molar-refractivity contribution in [3.63, 3.8) is 0 Å². The maximum absolute atomic E-state index is 9.27. The van der Waals surface area contributed by atoms with E-state index >= 15 is 0 Å². The maximum Gasteiger partial charge on any atom is 0.222 e. The van der Waals surface area contributed by atoms with Crippen LogP contribution in [0.1, 0.15) is 11.1 Å². The number of nitrogen functional groups attached to an aromatic ring is 2. The van der Waals surface area contributed by atoms with Gasteiger partial charge in [-0.05, 0) is 36.4 Å². The molecular weight excluding hydrogens is 373 g/mol. The van der Waals surface area contributed by atoms with Crippen molar-refractivity contribution in [1.82, 2.24) is 9.97 Å². The Balaban J connectivity index is 1.83. The lowest BCUT2D eigenvalue weighted by atomic mass is 10.1. The summed E-state index contributed by atoms with van der Waals surface area (Å²) in [5.41, 5.74) is 13.3. The highest BCUT2D eigenvalue weighted by molar-refractivity contribution is 6.35. The van der Waals surface area contributed by atoms with E-state index in [1.54, 1.807) is 42.5 Å². The average Bonchev–Trinajstić information content (AvgIpc) is 2.61. The van der Waals surface area contributed by atoms with Crippen molar-refractivity contribution in [3.8, 4) is 23.1 Å². The Bertz CT molecular complexity index is 979. The fourth-order valence-corrected chi connectivity index (χ4v) is 2.86. The van der Waals surface area contributed by atoms with E-state index in [0.29, 0.717) is 32.6 Å². The molecule has 3 aromatic rings. The fourth-order valence-electron chi connectivity index (χ4n) is 2.35. The van der Waals surface area contributed by atoms with Crippen molar-refractivity contribution in [3.05, 3.63) is 63.6 Å². The van der Waals surface area contributed by atoms with E-state index in [-0.39, 0.29) is 23.9 Å². The molecule has 1 aromatic heterocycles. The van der Waals surface area contributed by atoms with Gasteiger partial charge in [0.25, 0.3) is 0 Å². The molecule has 4 N–H and O–H groups in total. The van der Waals surface area contributed by atoms with Crippen LogP contribution in [0.15, 0.2) is 42.5 Å². The van der Waals surface area contributed by atoms with Gasteiger partial charge < -0.3 is 16.2 Å². The van der Waals surface area contributed by atoms with Crippen molar-refractivity contribution < 1.29 is 4.74 Å². The number of ether oxygens (including phenoxy) is 1. The molecule has 0 bridgehead atoms. The summed E-state index contributed by atoms with van der Waals surface area (Å²) in [5, 5.41) is 10.4. The quantitative estimate of drug-likeness (QED) is 0.699. The van der Waals surface area contributed by atoms with Gasteiger partial charge in [-0.3, -0.25) is 0 Å². The number of nitrogens with zero attached hydrogens (tertiary/aromatic N) is 3. The van der Waals surface area contributed by atoms with Gasteiger partial charge in [0.2, 0.25) is 5.95 Å². The third kappa shape index (κ3) is 3.64. The molecule has 0 aliphatic heterocycles. The molecule has 26 heavy (non-hydrogen) atoms. The number of anilines is 2. The van der Waals surface area contributed by atoms with Gasteiger partial charge in [0.05, 0.1) is 5.69 Å². The summed E-state index contributed by atoms with van der Waals surface area (Å²) >= 11 is 12.3. The van der Waals surface area contributed by atoms with Gasteiger partial charge in [0.1, 0.15) is 29.8 Å². The van der Waals surface area contributed by atoms with Gasteiger partial charge in [0, 0.05) is 21.2 Å². The van der Waals surface area contributed by atoms with Gasteiger partial charge in [0.15, 0.2) is 0 Å². The number of aromatic nitrogens is 2. The van der Waals surface area contributed by atoms with Crippen LogP contribution in [0.25, 0.3) is 11.3 Å². The largest absolute Gasteiger partial charge is 0.489 e. The second-order valence-electron chi connectivity index (χ2n) is 5.32. The van der Waals surface area contributed by atoms with Crippen LogP contribution in [0.5, 0.6) is 5.75 Å². The topological polar surface area (TPSA) is 111 Å². The highest BCUT2D eigenvalue weighted by Gasteiger charge is 2.13. The van der Waals surface area contributed by atoms with Crippen LogP contribution < -0.4 is 16.2 Å². The lowest BCUT2D eigenvalue weighted by molar-refractivity contribution is 0.306. The molecule has 0 aliphatic rings. The summed E-state index contributed by atoms with van der Waals surface area (Å²) in [6.07, 6.45) is 0. The minimum atomic E-state index is 0.00480. The van der Waals surface area contributed by atoms with Crippen molar-refractivity contribution in [2.24, 2.45) is 0 Å². The molecule has 2 aromatic carbocycles. The molecule has 8 heteroatoms. The first kappa shape index (κ1) is 17.8. The van der Waals surface area contributed by atoms with Gasteiger partial charge >= 0.3 is 0 Å². The number of rotatable bonds is 4. The fraction of sp³-hybridized carbons (Fsp3) is 0.0556. The zero-order valence-electron chi connectivity index (χ0n) is 13.4. The van der Waals surface area contributed by atoms with Crippen LogP contribution in [0.2, 0.25) is 10.0 Å². The molecule has 0 saturated carbocycles. The molecule has 0 unspecified atom stereocenters. The standard InChI is InChI=1S/C18H13Cl2N5O/c19-14-2-1-3-15(20)13(14)9-26-11-6-4-10(5-7-11)16-12(8-21)17(22)25-18(23)24-16/h1-7H,9H2,(H4,22,23,24,25). The number of hydrogen-bond acceptors (Lipinski definition) is 6. The normalized spacial score (nSPS) is 10.3. The lowest BCUT2D eigenvalue weighted by Gasteiger charge is -2.11. The molecule has 1 heterocycles. The third-order valence-electron chi connectivity index (χ3n) is 3.64. The summed E-state index contributed by atoms with van der Waals surface area (Å²) in [7, 11) is 0. The monoisotopic (exact) mass is 385 g/mol. The Morgan fingerprint density at radius 3 is 2.27 bits per heavy atom. The highest BCUT2D eigenvalue weighted by atomic mass is 35.5. The van der Waals surface area contributed by atoms with E-state index in [1.165, 1.54) is 0 Å². The second kappa shape index (κ2) is 7.48. The van der Waals surface area contributed by atoms with Gasteiger partial charge in [-0.2, -0.15) is 10.2 Å². The van der Waals surface area contributed by atoms with Crippen molar-refractivity contribution >= 4 is 35.0 Å². The Morgan fingerprint density at radius 2 is 1.65 bits per heavy atom. The molecule has 3 rings (SSSR count). The molecule has 130 valence electrons. The first-order valence-corrected chi connectivity index (χ1v) is 8.24. The van der Waals surface area contributed by atoms with Gasteiger partial charge in [-0.25, -0.2) is 4.98 Å². The van der Waals surface area contributed by atoms with E-state index in [9.17, 15) is 5.26 Å². The average molecular weight is 386 g/mol. The van der Waals surface area contributed by atoms with E-state index in [4.69, 9.17) is 39.4 Å². The Hall–Kier alpha value is -3.01. The smallest absolute Gasteiger partial charge is 0.222 e. The summed E-state index contributed by atoms with van der Waals surface area (Å²) in [6.45, 7) is 0.231. The SMILES string of the molecule is N#Cc1c(N)nc(N)nc1-c1ccc(OCc2c(Cl)cccc2Cl)cc1. The van der Waals surface area contributed by atoms with Crippen molar-refractivity contribution in [1.29, 1.82) is 5.26 Å². The van der Waals surface area contributed by atoms with Crippen LogP contribution in [-0.2, 0) is 6.61 Å². The van der Waals surface area contributed by atoms with Crippen LogP contribution in [0.3, 0.4) is 0 Å². The number of nitriles is 1. The first-order chi connectivity index (χ1) is 12.5. The van der Waals surface area contributed by atoms with E-state index in [2.05, 4.69) is 9.97 Å². The molecular formula is C18H13Cl2N5O. The molecule has 0 aliphatic carbocycles. The molecule has 0 amide bonds. The van der Waals surface area contributed by atoms with E-state index in [0.717, 1.165) is 0 Å². The van der Waals surface area contributed by atoms with Gasteiger partial charge in [-0.15, -0.1) is 0 Å². The summed E-state index contributed by atoms with van der Waals surface area (Å²) < 4.78 is 5.73. The van der Waals surface area contributed by atoms with Crippen LogP contribution in [0.4, 0.5) is 11.8 Å². The Morgan fingerprint density at radius 1 is 1.00 bits per heavy atom. The number of hydrogen-bond donors (Lipinski definition) is 2. The van der Waals surface area contributed by atoms with E-state index in [1.807, 2.05) is 6.07 Å². The summed E-state index contributed by atoms with van der Waals surface area (Å²) in [5.74, 6) is 0.659. The van der Waals surface area contributed by atoms with Gasteiger partial charge in [-0.1, -0.05) is 29.3 Å². The molecule has 0 radical (unpaired) electrons. The molecule has 0 saturated heterocycles. The molecule has 0 fully saturated rings. The highest BCUT2D eigenvalue weighted by Crippen LogP contribution is 2.29. The first-order valence-electron chi connectivity index (χ1n) is 7.49. The lowest BCUT2D eigenvalue weighted by Crippen LogP contribution is -2.05. The summed E-state index contributed by atoms with van der Waals surface area (Å²) in [6, 6.07) is 14.3. The number of benzene rings is 2. The van der Waals surface area contributed by atoms with Crippen molar-refractivity contribution in [2.75, 3.05) is 11.5 Å². The minimum Gasteiger partial charge on any atom is -0.489 e. The maximum atomic E-state index is 9.27. The zero-order valence-corrected chi connectivity index (χ0v) is 14.9. The Kier molecular flexibility index (Phi) is 5.12. The predicted molar refractivity (Wildman–Crippen MR) is 102 cm³/mol. The zero-order chi connectivity index (χ0) is 18.7. The summed E-state index contributed by atoms with van der Waals surface area (Å²) in [4.78, 5) is 7.91. The predicted octanol–water partition coefficient (Wildman–Crippen LogP) is 4.07. The molecule has 0 spiro atoms. The number of halogens is 2. The Labute approximate surface area is 160 Å². The molecule has 6 nitrogen and oxygen atoms in total. The third-order valence-corrected chi connectivity index (χ3v) is 4.35. The van der Waals surface area contributed by atoms with Crippen LogP contribution in [-0.4, -0.2) is 9.97 Å². The second-order valence-corrected chi connectivity index (χ2v) is 6.13. The minimum absolute atomic E-state index is 0.00480. The van der Waals surface area contributed by atoms with Crippen LogP contribution in [0, 0.1) is 11.3 Å². The number of nitrogens with two attached hydrogens (primary N) is 2. The van der Waals surface area contributed by atoms with Crippen LogP contribution >= 0.6 is 23.2 Å². The van der Waals surface area contributed by atoms with E-state index < -0.39 is 0 Å². The van der Waals surface area contributed by atoms with Crippen molar-refractivity contribution in [2.45, 2.75) is 6.61 Å². The molecule has 0 atom stereocenters.